The molecule has 0 saturated heterocycles. The molecule has 27 heavy (non-hydrogen) atoms. The Morgan fingerprint density at radius 3 is 1.89 bits per heavy atom. The van der Waals surface area contributed by atoms with Crippen molar-refractivity contribution in [2.45, 2.75) is 26.7 Å². The minimum absolute atomic E-state index is 0.220. The van der Waals surface area contributed by atoms with Crippen LogP contribution in [0.5, 0.6) is 0 Å². The molecule has 0 saturated carbocycles. The molecule has 2 aromatic carbocycles. The predicted octanol–water partition coefficient (Wildman–Crippen LogP) is 5.46. The van der Waals surface area contributed by atoms with E-state index in [9.17, 15) is 13.7 Å². The smallest absolute Gasteiger partial charge is 0.207 e. The lowest BCUT2D eigenvalue weighted by Gasteiger charge is -2.19. The summed E-state index contributed by atoms with van der Waals surface area (Å²) in [6, 6.07) is 18.7. The van der Waals surface area contributed by atoms with E-state index in [0.717, 1.165) is 5.56 Å². The van der Waals surface area contributed by atoms with Crippen molar-refractivity contribution >= 4 is 19.6 Å². The van der Waals surface area contributed by atoms with Gasteiger partial charge in [0.1, 0.15) is 0 Å². The molecule has 4 heteroatoms. The summed E-state index contributed by atoms with van der Waals surface area (Å²) in [5, 5.41) is 9.31. The number of nitrogens with zero attached hydrogens (tertiary/aromatic N) is 1. The summed E-state index contributed by atoms with van der Waals surface area (Å²) in [6.45, 7) is 5.89. The number of nitriles is 1. The average Bonchev–Trinajstić information content (AvgIpc) is 2.67. The molecular weight excluding hydrogens is 354 g/mol. The van der Waals surface area contributed by atoms with Gasteiger partial charge < -0.3 is 0 Å². The molecule has 3 nitrogen and oxygen atoms in total. The van der Waals surface area contributed by atoms with Gasteiger partial charge in [0.05, 0.1) is 15.9 Å². The van der Waals surface area contributed by atoms with Gasteiger partial charge in [0.15, 0.2) is 0 Å². The first kappa shape index (κ1) is 18.9. The average molecular weight is 375 g/mol. The van der Waals surface area contributed by atoms with E-state index in [1.165, 1.54) is 0 Å². The fraction of sp³-hybridized carbons (Fsp3) is 0.174. The van der Waals surface area contributed by atoms with Crippen molar-refractivity contribution in [2.24, 2.45) is 0 Å². The Kier molecular flexibility index (Phi) is 5.16. The van der Waals surface area contributed by atoms with Crippen LogP contribution < -0.4 is 0 Å². The van der Waals surface area contributed by atoms with Crippen molar-refractivity contribution in [3.05, 3.63) is 94.6 Å². The van der Waals surface area contributed by atoms with Crippen LogP contribution in [-0.2, 0) is 9.84 Å². The molecular formula is C23H21NO2S. The highest BCUT2D eigenvalue weighted by molar-refractivity contribution is 8.09. The maximum absolute atomic E-state index is 13.3. The molecule has 0 N–H and O–H groups in total. The lowest BCUT2D eigenvalue weighted by molar-refractivity contribution is 0.614. The van der Waals surface area contributed by atoms with Gasteiger partial charge in [-0.2, -0.15) is 5.26 Å². The first-order valence-electron chi connectivity index (χ1n) is 8.80. The van der Waals surface area contributed by atoms with Crippen molar-refractivity contribution < 1.29 is 8.42 Å². The fourth-order valence-corrected chi connectivity index (χ4v) is 4.68. The third-order valence-corrected chi connectivity index (χ3v) is 6.54. The topological polar surface area (TPSA) is 57.9 Å². The van der Waals surface area contributed by atoms with Gasteiger partial charge in [0.25, 0.3) is 0 Å². The van der Waals surface area contributed by atoms with Crippen LogP contribution in [0, 0.1) is 11.3 Å². The molecule has 0 radical (unpaired) electrons. The normalized spacial score (nSPS) is 17.7. The number of benzene rings is 2. The summed E-state index contributed by atoms with van der Waals surface area (Å²) < 4.78 is 26.7. The van der Waals surface area contributed by atoms with E-state index in [4.69, 9.17) is 0 Å². The third-order valence-electron chi connectivity index (χ3n) is 4.67. The number of hydrogen-bond acceptors (Lipinski definition) is 3. The Labute approximate surface area is 160 Å². The summed E-state index contributed by atoms with van der Waals surface area (Å²) in [4.78, 5) is 0.446. The van der Waals surface area contributed by atoms with Crippen LogP contribution in [0.2, 0.25) is 0 Å². The highest BCUT2D eigenvalue weighted by atomic mass is 32.2. The van der Waals surface area contributed by atoms with Crippen molar-refractivity contribution in [3.63, 3.8) is 0 Å². The van der Waals surface area contributed by atoms with Gasteiger partial charge >= 0.3 is 0 Å². The highest BCUT2D eigenvalue weighted by Gasteiger charge is 2.30. The second-order valence-electron chi connectivity index (χ2n) is 6.86. The summed E-state index contributed by atoms with van der Waals surface area (Å²) in [5.74, 6) is 0.368. The molecule has 0 bridgehead atoms. The molecule has 0 aliphatic carbocycles. The van der Waals surface area contributed by atoms with E-state index in [2.05, 4.69) is 19.9 Å². The van der Waals surface area contributed by atoms with Crippen molar-refractivity contribution in [1.29, 1.82) is 5.26 Å². The summed E-state index contributed by atoms with van der Waals surface area (Å²) in [6.07, 6.45) is 3.19. The van der Waals surface area contributed by atoms with Gasteiger partial charge in [-0.3, -0.25) is 0 Å². The zero-order valence-corrected chi connectivity index (χ0v) is 16.4. The van der Waals surface area contributed by atoms with Crippen molar-refractivity contribution in [1.82, 2.24) is 0 Å². The van der Waals surface area contributed by atoms with Gasteiger partial charge in [-0.15, -0.1) is 0 Å². The third kappa shape index (κ3) is 3.65. The Balaban J connectivity index is 2.21. The van der Waals surface area contributed by atoms with Crippen molar-refractivity contribution in [3.8, 4) is 6.07 Å². The van der Waals surface area contributed by atoms with E-state index in [0.29, 0.717) is 28.2 Å². The van der Waals surface area contributed by atoms with Crippen LogP contribution in [-0.4, -0.2) is 8.42 Å². The molecule has 1 heterocycles. The Morgan fingerprint density at radius 1 is 0.889 bits per heavy atom. The van der Waals surface area contributed by atoms with Crippen molar-refractivity contribution in [2.75, 3.05) is 0 Å². The lowest BCUT2D eigenvalue weighted by atomic mass is 10.0. The maximum Gasteiger partial charge on any atom is 0.207 e. The zero-order chi connectivity index (χ0) is 19.6. The molecule has 136 valence electrons. The standard InChI is InChI=1S/C23H21NO2S/c1-16(2)18-9-11-20(12-10-18)23-14-21(17(3)15-24)13-22(27(23,25)26)19-7-5-4-6-8-19/h4-14,16H,1-3H3/b21-17-. The van der Waals surface area contributed by atoms with E-state index in [1.54, 1.807) is 31.2 Å². The molecule has 1 aliphatic rings. The number of allylic oxidation sites excluding steroid dienone is 4. The number of sulfone groups is 1. The predicted molar refractivity (Wildman–Crippen MR) is 110 cm³/mol. The Morgan fingerprint density at radius 2 is 1.41 bits per heavy atom. The largest absolute Gasteiger partial charge is 0.218 e. The first-order chi connectivity index (χ1) is 12.8. The van der Waals surface area contributed by atoms with Gasteiger partial charge in [-0.05, 0) is 47.3 Å². The van der Waals surface area contributed by atoms with Crippen LogP contribution in [0.15, 0.2) is 77.9 Å². The molecule has 0 fully saturated rings. The Bertz CT molecular complexity index is 1100. The molecule has 1 aliphatic heterocycles. The number of hydrogen-bond donors (Lipinski definition) is 0. The van der Waals surface area contributed by atoms with Crippen LogP contribution >= 0.6 is 0 Å². The summed E-state index contributed by atoms with van der Waals surface area (Å²) in [7, 11) is -3.70. The molecule has 0 unspecified atom stereocenters. The second-order valence-corrected chi connectivity index (χ2v) is 8.74. The van der Waals surface area contributed by atoms with E-state index in [1.807, 2.05) is 42.5 Å². The molecule has 0 amide bonds. The maximum atomic E-state index is 13.3. The van der Waals surface area contributed by atoms with Gasteiger partial charge in [-0.25, -0.2) is 8.42 Å². The minimum Gasteiger partial charge on any atom is -0.218 e. The zero-order valence-electron chi connectivity index (χ0n) is 15.6. The monoisotopic (exact) mass is 375 g/mol. The van der Waals surface area contributed by atoms with Crippen LogP contribution in [0.1, 0.15) is 43.4 Å². The van der Waals surface area contributed by atoms with Crippen LogP contribution in [0.4, 0.5) is 0 Å². The quantitative estimate of drug-likeness (QED) is 0.669. The molecule has 0 spiro atoms. The van der Waals surface area contributed by atoms with Gasteiger partial charge in [-0.1, -0.05) is 68.4 Å². The van der Waals surface area contributed by atoms with E-state index in [-0.39, 0.29) is 9.81 Å². The van der Waals surface area contributed by atoms with Crippen LogP contribution in [0.25, 0.3) is 9.81 Å². The minimum atomic E-state index is -3.70. The van der Waals surface area contributed by atoms with Gasteiger partial charge in [0, 0.05) is 5.57 Å². The number of rotatable bonds is 3. The highest BCUT2D eigenvalue weighted by Crippen LogP contribution is 2.39. The molecule has 0 aromatic heterocycles. The summed E-state index contributed by atoms with van der Waals surface area (Å²) in [5.41, 5.74) is 3.49. The molecule has 2 aromatic rings. The van der Waals surface area contributed by atoms with E-state index < -0.39 is 9.84 Å². The summed E-state index contributed by atoms with van der Waals surface area (Å²) >= 11 is 0. The molecule has 0 atom stereocenters. The fourth-order valence-electron chi connectivity index (χ4n) is 2.99. The lowest BCUT2D eigenvalue weighted by Crippen LogP contribution is -2.11. The van der Waals surface area contributed by atoms with Gasteiger partial charge in [0.2, 0.25) is 9.84 Å². The SMILES string of the molecule is C/C(C#N)=C1\C=C(c2ccccc2)S(=O)(=O)C(c2ccc(C(C)C)cc2)=C1. The Hall–Kier alpha value is -2.90. The molecule has 3 rings (SSSR count). The second kappa shape index (κ2) is 7.38. The van der Waals surface area contributed by atoms with Crippen LogP contribution in [0.3, 0.4) is 0 Å². The first-order valence-corrected chi connectivity index (χ1v) is 10.3. The van der Waals surface area contributed by atoms with E-state index >= 15 is 0 Å².